The highest BCUT2D eigenvalue weighted by Crippen LogP contribution is 2.15. The number of carbonyl (C=O) groups is 1. The monoisotopic (exact) mass is 373 g/mol. The van der Waals surface area contributed by atoms with Crippen LogP contribution >= 0.6 is 0 Å². The Kier molecular flexibility index (Phi) is 4.45. The minimum absolute atomic E-state index is 0.161. The quantitative estimate of drug-likeness (QED) is 0.588. The number of carbonyl (C=O) groups excluding carboxylic acids is 1. The molecule has 0 aliphatic rings. The summed E-state index contributed by atoms with van der Waals surface area (Å²) in [5.74, 6) is -0.127. The van der Waals surface area contributed by atoms with Gasteiger partial charge in [-0.05, 0) is 67.6 Å². The van der Waals surface area contributed by atoms with Crippen LogP contribution in [0.1, 0.15) is 16.2 Å². The first-order valence-electron chi connectivity index (χ1n) is 8.69. The van der Waals surface area contributed by atoms with E-state index in [1.54, 1.807) is 49.4 Å². The Hall–Kier alpha value is -3.80. The molecule has 1 N–H and O–H groups in total. The van der Waals surface area contributed by atoms with Crippen LogP contribution in [0.25, 0.3) is 16.6 Å². The lowest BCUT2D eigenvalue weighted by molar-refractivity contribution is 0.102. The number of halogens is 1. The van der Waals surface area contributed by atoms with Gasteiger partial charge in [0.1, 0.15) is 11.6 Å². The predicted octanol–water partition coefficient (Wildman–Crippen LogP) is 4.09. The Morgan fingerprint density at radius 3 is 2.36 bits per heavy atom. The summed E-state index contributed by atoms with van der Waals surface area (Å²) in [5, 5.41) is 3.24. The zero-order valence-electron chi connectivity index (χ0n) is 15.0. The van der Waals surface area contributed by atoms with E-state index < -0.39 is 0 Å². The maximum Gasteiger partial charge on any atom is 0.265 e. The molecule has 138 valence electrons. The number of nitrogens with zero attached hydrogens (tertiary/aromatic N) is 2. The van der Waals surface area contributed by atoms with Gasteiger partial charge >= 0.3 is 0 Å². The first-order chi connectivity index (χ1) is 13.5. The summed E-state index contributed by atoms with van der Waals surface area (Å²) in [6.45, 7) is 1.77. The van der Waals surface area contributed by atoms with Gasteiger partial charge < -0.3 is 5.32 Å². The summed E-state index contributed by atoms with van der Waals surface area (Å²) < 4.78 is 14.5. The van der Waals surface area contributed by atoms with Crippen molar-refractivity contribution in [1.29, 1.82) is 0 Å². The number of anilines is 1. The molecule has 0 spiro atoms. The van der Waals surface area contributed by atoms with E-state index in [4.69, 9.17) is 0 Å². The summed E-state index contributed by atoms with van der Waals surface area (Å²) in [7, 11) is 0. The summed E-state index contributed by atoms with van der Waals surface area (Å²) in [6.07, 6.45) is 0. The zero-order chi connectivity index (χ0) is 19.7. The molecule has 0 atom stereocenters. The number of hydrogen-bond donors (Lipinski definition) is 1. The SMILES string of the molecule is Cc1nc2ccccc2c(=O)n1-c1ccc(C(=O)Nc2ccc(F)cc2)cc1. The van der Waals surface area contributed by atoms with Crippen LogP contribution in [-0.4, -0.2) is 15.5 Å². The molecule has 0 unspecified atom stereocenters. The topological polar surface area (TPSA) is 64.0 Å². The number of benzene rings is 3. The summed E-state index contributed by atoms with van der Waals surface area (Å²) in [4.78, 5) is 29.7. The molecule has 0 saturated heterocycles. The number of aromatic nitrogens is 2. The molecule has 6 heteroatoms. The fourth-order valence-corrected chi connectivity index (χ4v) is 3.05. The molecular weight excluding hydrogens is 357 g/mol. The van der Waals surface area contributed by atoms with Crippen molar-refractivity contribution in [1.82, 2.24) is 9.55 Å². The first kappa shape index (κ1) is 17.6. The van der Waals surface area contributed by atoms with Crippen molar-refractivity contribution in [3.8, 4) is 5.69 Å². The molecule has 0 aliphatic carbocycles. The minimum atomic E-state index is -0.368. The predicted molar refractivity (Wildman–Crippen MR) is 106 cm³/mol. The van der Waals surface area contributed by atoms with Gasteiger partial charge in [0, 0.05) is 11.3 Å². The van der Waals surface area contributed by atoms with Gasteiger partial charge in [-0.2, -0.15) is 0 Å². The molecule has 0 radical (unpaired) electrons. The van der Waals surface area contributed by atoms with Crippen molar-refractivity contribution in [3.05, 3.63) is 100 Å². The van der Waals surface area contributed by atoms with Crippen LogP contribution < -0.4 is 10.9 Å². The molecule has 4 aromatic rings. The lowest BCUT2D eigenvalue weighted by Gasteiger charge is -2.11. The van der Waals surface area contributed by atoms with Gasteiger partial charge in [0.15, 0.2) is 0 Å². The number of hydrogen-bond acceptors (Lipinski definition) is 3. The fraction of sp³-hybridized carbons (Fsp3) is 0.0455. The van der Waals surface area contributed by atoms with E-state index in [1.165, 1.54) is 28.8 Å². The van der Waals surface area contributed by atoms with Gasteiger partial charge in [-0.1, -0.05) is 12.1 Å². The molecule has 5 nitrogen and oxygen atoms in total. The maximum absolute atomic E-state index is 13.0. The van der Waals surface area contributed by atoms with E-state index in [9.17, 15) is 14.0 Å². The van der Waals surface area contributed by atoms with Crippen molar-refractivity contribution >= 4 is 22.5 Å². The van der Waals surface area contributed by atoms with Crippen LogP contribution in [0.15, 0.2) is 77.6 Å². The highest BCUT2D eigenvalue weighted by Gasteiger charge is 2.11. The van der Waals surface area contributed by atoms with Gasteiger partial charge in [-0.3, -0.25) is 14.2 Å². The van der Waals surface area contributed by atoms with Crippen molar-refractivity contribution < 1.29 is 9.18 Å². The van der Waals surface area contributed by atoms with E-state index in [0.717, 1.165) is 0 Å². The summed E-state index contributed by atoms with van der Waals surface area (Å²) in [5.41, 5.74) is 2.04. The third-order valence-electron chi connectivity index (χ3n) is 4.43. The Balaban J connectivity index is 1.65. The van der Waals surface area contributed by atoms with Crippen LogP contribution in [0.4, 0.5) is 10.1 Å². The Morgan fingerprint density at radius 2 is 1.64 bits per heavy atom. The first-order valence-corrected chi connectivity index (χ1v) is 8.69. The van der Waals surface area contributed by atoms with Crippen LogP contribution in [0, 0.1) is 12.7 Å². The van der Waals surface area contributed by atoms with Gasteiger partial charge in [0.25, 0.3) is 11.5 Å². The average Bonchev–Trinajstić information content (AvgIpc) is 2.70. The van der Waals surface area contributed by atoms with Gasteiger partial charge in [-0.25, -0.2) is 9.37 Å². The normalized spacial score (nSPS) is 10.8. The second-order valence-corrected chi connectivity index (χ2v) is 6.32. The van der Waals surface area contributed by atoms with Crippen LogP contribution in [0.3, 0.4) is 0 Å². The fourth-order valence-electron chi connectivity index (χ4n) is 3.05. The summed E-state index contributed by atoms with van der Waals surface area (Å²) >= 11 is 0. The molecule has 4 rings (SSSR count). The highest BCUT2D eigenvalue weighted by atomic mass is 19.1. The number of para-hydroxylation sites is 1. The van der Waals surface area contributed by atoms with Gasteiger partial charge in [0.2, 0.25) is 0 Å². The molecular formula is C22H16FN3O2. The van der Waals surface area contributed by atoms with E-state index in [0.29, 0.717) is 33.7 Å². The average molecular weight is 373 g/mol. The molecule has 3 aromatic carbocycles. The lowest BCUT2D eigenvalue weighted by Crippen LogP contribution is -2.22. The number of aryl methyl sites for hydroxylation is 1. The minimum Gasteiger partial charge on any atom is -0.322 e. The van der Waals surface area contributed by atoms with E-state index in [2.05, 4.69) is 10.3 Å². The molecule has 0 bridgehead atoms. The molecule has 0 fully saturated rings. The van der Waals surface area contributed by atoms with Crippen LogP contribution in [0.2, 0.25) is 0 Å². The van der Waals surface area contributed by atoms with E-state index in [-0.39, 0.29) is 17.3 Å². The molecule has 28 heavy (non-hydrogen) atoms. The smallest absolute Gasteiger partial charge is 0.265 e. The maximum atomic E-state index is 13.0. The molecule has 1 heterocycles. The van der Waals surface area contributed by atoms with Gasteiger partial charge in [0.05, 0.1) is 16.6 Å². The van der Waals surface area contributed by atoms with Crippen LogP contribution in [-0.2, 0) is 0 Å². The number of rotatable bonds is 3. The number of fused-ring (bicyclic) bond motifs is 1. The highest BCUT2D eigenvalue weighted by molar-refractivity contribution is 6.04. The van der Waals surface area contributed by atoms with E-state index >= 15 is 0 Å². The largest absolute Gasteiger partial charge is 0.322 e. The lowest BCUT2D eigenvalue weighted by atomic mass is 10.1. The third kappa shape index (κ3) is 3.27. The Labute approximate surface area is 160 Å². The number of nitrogens with one attached hydrogen (secondary N) is 1. The third-order valence-corrected chi connectivity index (χ3v) is 4.43. The molecule has 1 aromatic heterocycles. The Morgan fingerprint density at radius 1 is 0.964 bits per heavy atom. The zero-order valence-corrected chi connectivity index (χ0v) is 15.0. The second kappa shape index (κ2) is 7.08. The van der Waals surface area contributed by atoms with Crippen molar-refractivity contribution in [2.75, 3.05) is 5.32 Å². The van der Waals surface area contributed by atoms with Crippen molar-refractivity contribution in [2.45, 2.75) is 6.92 Å². The van der Waals surface area contributed by atoms with Crippen LogP contribution in [0.5, 0.6) is 0 Å². The molecule has 0 aliphatic heterocycles. The van der Waals surface area contributed by atoms with Gasteiger partial charge in [-0.15, -0.1) is 0 Å². The molecule has 0 saturated carbocycles. The standard InChI is InChI=1S/C22H16FN3O2/c1-14-24-20-5-3-2-4-19(20)22(28)26(14)18-12-6-15(7-13-18)21(27)25-17-10-8-16(23)9-11-17/h2-13H,1H3,(H,25,27). The second-order valence-electron chi connectivity index (χ2n) is 6.32. The molecule has 1 amide bonds. The Bertz CT molecular complexity index is 1230. The number of amides is 1. The van der Waals surface area contributed by atoms with Crippen molar-refractivity contribution in [2.24, 2.45) is 0 Å². The van der Waals surface area contributed by atoms with E-state index in [1.807, 2.05) is 6.07 Å². The van der Waals surface area contributed by atoms with Crippen molar-refractivity contribution in [3.63, 3.8) is 0 Å². The summed E-state index contributed by atoms with van der Waals surface area (Å²) in [6, 6.07) is 19.4.